The highest BCUT2D eigenvalue weighted by molar-refractivity contribution is 7.99. The number of hydrogen-bond acceptors (Lipinski definition) is 4. The molecule has 0 bridgehead atoms. The first-order valence-electron chi connectivity index (χ1n) is 6.36. The van der Waals surface area contributed by atoms with Gasteiger partial charge < -0.3 is 10.4 Å². The minimum absolute atomic E-state index is 0.107. The van der Waals surface area contributed by atoms with Crippen LogP contribution < -0.4 is 10.6 Å². The standard InChI is InChI=1S/C12H20N2O4S/c1-19-9-4-2-8(3-5-9)13-12(18)14-10(15)6-7-11(16)17/h8-9H,2-7H2,1H3,(H,16,17)(H2,13,14,15,18). The Bertz CT molecular complexity index is 341. The van der Waals surface area contributed by atoms with Crippen molar-refractivity contribution in [3.63, 3.8) is 0 Å². The first-order chi connectivity index (χ1) is 9.01. The Balaban J connectivity index is 2.20. The molecule has 19 heavy (non-hydrogen) atoms. The second-order valence-electron chi connectivity index (χ2n) is 4.62. The van der Waals surface area contributed by atoms with Crippen LogP contribution in [0.4, 0.5) is 4.79 Å². The Morgan fingerprint density at radius 2 is 1.79 bits per heavy atom. The molecular formula is C12H20N2O4S. The number of carbonyl (C=O) groups is 3. The van der Waals surface area contributed by atoms with E-state index in [1.165, 1.54) is 0 Å². The van der Waals surface area contributed by atoms with Gasteiger partial charge in [0.05, 0.1) is 6.42 Å². The first-order valence-corrected chi connectivity index (χ1v) is 7.65. The molecule has 0 aromatic heterocycles. The van der Waals surface area contributed by atoms with Crippen molar-refractivity contribution >= 4 is 29.7 Å². The fourth-order valence-corrected chi connectivity index (χ4v) is 2.82. The number of nitrogens with one attached hydrogen (secondary N) is 2. The lowest BCUT2D eigenvalue weighted by molar-refractivity contribution is -0.138. The number of imide groups is 1. The summed E-state index contributed by atoms with van der Waals surface area (Å²) in [5.74, 6) is -1.61. The predicted octanol–water partition coefficient (Wildman–Crippen LogP) is 1.35. The van der Waals surface area contributed by atoms with Gasteiger partial charge in [0.2, 0.25) is 5.91 Å². The van der Waals surface area contributed by atoms with Crippen LogP contribution in [0.1, 0.15) is 38.5 Å². The molecule has 6 nitrogen and oxygen atoms in total. The molecule has 1 aliphatic carbocycles. The lowest BCUT2D eigenvalue weighted by Crippen LogP contribution is -2.46. The zero-order valence-electron chi connectivity index (χ0n) is 11.0. The van der Waals surface area contributed by atoms with Crippen LogP contribution in [-0.4, -0.2) is 40.6 Å². The Morgan fingerprint density at radius 3 is 2.32 bits per heavy atom. The van der Waals surface area contributed by atoms with Gasteiger partial charge in [0.1, 0.15) is 0 Å². The van der Waals surface area contributed by atoms with Crippen molar-refractivity contribution in [3.05, 3.63) is 0 Å². The Kier molecular flexibility index (Phi) is 6.69. The highest BCUT2D eigenvalue weighted by Gasteiger charge is 2.22. The maximum absolute atomic E-state index is 11.5. The molecule has 108 valence electrons. The number of carbonyl (C=O) groups excluding carboxylic acids is 2. The second-order valence-corrected chi connectivity index (χ2v) is 5.76. The molecule has 3 amide bonds. The van der Waals surface area contributed by atoms with Crippen molar-refractivity contribution < 1.29 is 19.5 Å². The molecule has 1 aliphatic rings. The van der Waals surface area contributed by atoms with Gasteiger partial charge in [-0.15, -0.1) is 0 Å². The molecule has 1 rings (SSSR count). The van der Waals surface area contributed by atoms with Crippen molar-refractivity contribution in [2.75, 3.05) is 6.26 Å². The minimum Gasteiger partial charge on any atom is -0.481 e. The number of hydrogen-bond donors (Lipinski definition) is 3. The van der Waals surface area contributed by atoms with Crippen molar-refractivity contribution in [2.45, 2.75) is 49.8 Å². The molecule has 0 aromatic rings. The number of carboxylic acid groups (broad SMARTS) is 1. The van der Waals surface area contributed by atoms with Gasteiger partial charge in [-0.05, 0) is 31.9 Å². The van der Waals surface area contributed by atoms with Crippen molar-refractivity contribution in [1.29, 1.82) is 0 Å². The van der Waals surface area contributed by atoms with E-state index in [4.69, 9.17) is 5.11 Å². The van der Waals surface area contributed by atoms with Gasteiger partial charge in [-0.25, -0.2) is 4.79 Å². The predicted molar refractivity (Wildman–Crippen MR) is 73.1 cm³/mol. The van der Waals surface area contributed by atoms with E-state index in [0.717, 1.165) is 25.7 Å². The topological polar surface area (TPSA) is 95.5 Å². The third kappa shape index (κ3) is 6.47. The quantitative estimate of drug-likeness (QED) is 0.709. The van der Waals surface area contributed by atoms with Gasteiger partial charge in [0.25, 0.3) is 0 Å². The number of carboxylic acids is 1. The molecule has 0 atom stereocenters. The normalized spacial score (nSPS) is 22.6. The van der Waals surface area contributed by atoms with Crippen LogP contribution in [0.3, 0.4) is 0 Å². The largest absolute Gasteiger partial charge is 0.481 e. The third-order valence-electron chi connectivity index (χ3n) is 3.16. The van der Waals surface area contributed by atoms with E-state index >= 15 is 0 Å². The summed E-state index contributed by atoms with van der Waals surface area (Å²) < 4.78 is 0. The summed E-state index contributed by atoms with van der Waals surface area (Å²) in [7, 11) is 0. The van der Waals surface area contributed by atoms with E-state index in [9.17, 15) is 14.4 Å². The molecule has 0 aliphatic heterocycles. The molecule has 0 radical (unpaired) electrons. The Hall–Kier alpha value is -1.24. The van der Waals surface area contributed by atoms with Crippen LogP contribution in [0.5, 0.6) is 0 Å². The van der Waals surface area contributed by atoms with Gasteiger partial charge >= 0.3 is 12.0 Å². The maximum Gasteiger partial charge on any atom is 0.321 e. The number of aliphatic carboxylic acids is 1. The molecule has 0 saturated heterocycles. The lowest BCUT2D eigenvalue weighted by atomic mass is 9.95. The zero-order valence-corrected chi connectivity index (χ0v) is 11.8. The average Bonchev–Trinajstić information content (AvgIpc) is 2.37. The summed E-state index contributed by atoms with van der Waals surface area (Å²) in [6.07, 6.45) is 5.62. The van der Waals surface area contributed by atoms with E-state index in [1.54, 1.807) is 0 Å². The van der Waals surface area contributed by atoms with Crippen LogP contribution in [-0.2, 0) is 9.59 Å². The zero-order chi connectivity index (χ0) is 14.3. The minimum atomic E-state index is -1.05. The SMILES string of the molecule is CSC1CCC(NC(=O)NC(=O)CCC(=O)O)CC1. The maximum atomic E-state index is 11.5. The molecule has 0 unspecified atom stereocenters. The molecule has 0 heterocycles. The average molecular weight is 288 g/mol. The van der Waals surface area contributed by atoms with Crippen molar-refractivity contribution in [1.82, 2.24) is 10.6 Å². The fourth-order valence-electron chi connectivity index (χ4n) is 2.07. The number of amides is 3. The molecule has 0 spiro atoms. The van der Waals surface area contributed by atoms with Crippen LogP contribution >= 0.6 is 11.8 Å². The summed E-state index contributed by atoms with van der Waals surface area (Å²) in [5, 5.41) is 14.0. The van der Waals surface area contributed by atoms with E-state index < -0.39 is 17.9 Å². The summed E-state index contributed by atoms with van der Waals surface area (Å²) in [6.45, 7) is 0. The molecule has 1 saturated carbocycles. The highest BCUT2D eigenvalue weighted by Crippen LogP contribution is 2.26. The molecule has 1 fully saturated rings. The van der Waals surface area contributed by atoms with Crippen LogP contribution in [0.2, 0.25) is 0 Å². The molecule has 3 N–H and O–H groups in total. The number of rotatable bonds is 5. The van der Waals surface area contributed by atoms with E-state index in [-0.39, 0.29) is 18.9 Å². The van der Waals surface area contributed by atoms with Crippen molar-refractivity contribution in [2.24, 2.45) is 0 Å². The first kappa shape index (κ1) is 15.8. The van der Waals surface area contributed by atoms with E-state index in [1.807, 2.05) is 11.8 Å². The van der Waals surface area contributed by atoms with Gasteiger partial charge in [0.15, 0.2) is 0 Å². The number of thioether (sulfide) groups is 1. The van der Waals surface area contributed by atoms with Gasteiger partial charge in [-0.1, -0.05) is 0 Å². The van der Waals surface area contributed by atoms with Crippen LogP contribution in [0.25, 0.3) is 0 Å². The summed E-state index contributed by atoms with van der Waals surface area (Å²) >= 11 is 1.85. The summed E-state index contributed by atoms with van der Waals surface area (Å²) in [5.41, 5.74) is 0. The Labute approximate surface area is 116 Å². The Morgan fingerprint density at radius 1 is 1.16 bits per heavy atom. The molecule has 0 aromatic carbocycles. The smallest absolute Gasteiger partial charge is 0.321 e. The number of urea groups is 1. The highest BCUT2D eigenvalue weighted by atomic mass is 32.2. The third-order valence-corrected chi connectivity index (χ3v) is 4.30. The summed E-state index contributed by atoms with van der Waals surface area (Å²) in [4.78, 5) is 33.1. The van der Waals surface area contributed by atoms with E-state index in [0.29, 0.717) is 5.25 Å². The van der Waals surface area contributed by atoms with Gasteiger partial charge in [-0.2, -0.15) is 11.8 Å². The molecule has 7 heteroatoms. The fraction of sp³-hybridized carbons (Fsp3) is 0.750. The van der Waals surface area contributed by atoms with Gasteiger partial charge in [-0.3, -0.25) is 14.9 Å². The lowest BCUT2D eigenvalue weighted by Gasteiger charge is -2.27. The van der Waals surface area contributed by atoms with Crippen LogP contribution in [0, 0.1) is 0 Å². The van der Waals surface area contributed by atoms with Crippen LogP contribution in [0.15, 0.2) is 0 Å². The summed E-state index contributed by atoms with van der Waals surface area (Å²) in [6, 6.07) is -0.418. The van der Waals surface area contributed by atoms with E-state index in [2.05, 4.69) is 16.9 Å². The monoisotopic (exact) mass is 288 g/mol. The van der Waals surface area contributed by atoms with Crippen molar-refractivity contribution in [3.8, 4) is 0 Å². The second kappa shape index (κ2) is 8.04. The molecular weight excluding hydrogens is 268 g/mol. The van der Waals surface area contributed by atoms with Gasteiger partial charge in [0, 0.05) is 17.7 Å².